The van der Waals surface area contributed by atoms with Gasteiger partial charge in [0.05, 0.1) is 31.1 Å². The number of nitrogens with one attached hydrogen (secondary N) is 2. The molecule has 0 saturated carbocycles. The smallest absolute Gasteiger partial charge is 0.187 e. The Kier molecular flexibility index (Phi) is 8.24. The van der Waals surface area contributed by atoms with Gasteiger partial charge in [0, 0.05) is 13.2 Å². The molecule has 1 aliphatic heterocycles. The number of nitrogens with zero attached hydrogens (tertiary/aromatic N) is 1. The molecule has 2 N–H and O–H groups in total. The molecule has 25 heavy (non-hydrogen) atoms. The van der Waals surface area contributed by atoms with E-state index in [0.29, 0.717) is 34.8 Å². The fourth-order valence-electron chi connectivity index (χ4n) is 2.38. The topological polar surface area (TPSA) is 64.1 Å². The molecule has 0 unspecified atom stereocenters. The summed E-state index contributed by atoms with van der Waals surface area (Å²) in [6, 6.07) is 3.58. The van der Waals surface area contributed by atoms with E-state index in [9.17, 15) is 0 Å². The highest BCUT2D eigenvalue weighted by molar-refractivity contribution is 7.80. The van der Waals surface area contributed by atoms with Crippen molar-refractivity contribution < 1.29 is 14.2 Å². The van der Waals surface area contributed by atoms with Crippen molar-refractivity contribution >= 4 is 35.1 Å². The molecule has 0 bridgehead atoms. The zero-order valence-corrected chi connectivity index (χ0v) is 16.1. The summed E-state index contributed by atoms with van der Waals surface area (Å²) >= 11 is 11.5. The minimum Gasteiger partial charge on any atom is -0.493 e. The molecule has 1 aromatic carbocycles. The molecular weight excluding hydrogens is 362 g/mol. The third kappa shape index (κ3) is 6.34. The number of halogens is 1. The Morgan fingerprint density at radius 3 is 3.04 bits per heavy atom. The van der Waals surface area contributed by atoms with Crippen molar-refractivity contribution in [3.63, 3.8) is 0 Å². The molecule has 1 aliphatic rings. The van der Waals surface area contributed by atoms with E-state index in [0.717, 1.165) is 31.4 Å². The molecule has 1 atom stereocenters. The van der Waals surface area contributed by atoms with Gasteiger partial charge in [-0.15, -0.1) is 0 Å². The summed E-state index contributed by atoms with van der Waals surface area (Å²) < 4.78 is 16.5. The fourth-order valence-corrected chi connectivity index (χ4v) is 2.79. The highest BCUT2D eigenvalue weighted by Gasteiger charge is 2.15. The van der Waals surface area contributed by atoms with Gasteiger partial charge >= 0.3 is 0 Å². The molecule has 1 aromatic rings. The van der Waals surface area contributed by atoms with Gasteiger partial charge in [0.25, 0.3) is 0 Å². The van der Waals surface area contributed by atoms with Gasteiger partial charge in [0.15, 0.2) is 16.6 Å². The number of ether oxygens (including phenoxy) is 3. The molecule has 2 rings (SSSR count). The van der Waals surface area contributed by atoms with E-state index in [1.165, 1.54) is 0 Å². The lowest BCUT2D eigenvalue weighted by Gasteiger charge is -2.13. The summed E-state index contributed by atoms with van der Waals surface area (Å²) in [4.78, 5) is 0. The Morgan fingerprint density at radius 2 is 2.36 bits per heavy atom. The second-order valence-corrected chi connectivity index (χ2v) is 6.41. The molecule has 0 aliphatic carbocycles. The molecule has 6 nitrogen and oxygen atoms in total. The van der Waals surface area contributed by atoms with E-state index >= 15 is 0 Å². The predicted molar refractivity (Wildman–Crippen MR) is 104 cm³/mol. The molecule has 0 radical (unpaired) electrons. The number of benzene rings is 1. The predicted octanol–water partition coefficient (Wildman–Crippen LogP) is 3.11. The van der Waals surface area contributed by atoms with Crippen molar-refractivity contribution in [2.45, 2.75) is 32.3 Å². The van der Waals surface area contributed by atoms with Crippen LogP contribution in [0.5, 0.6) is 11.5 Å². The molecule has 0 spiro atoms. The van der Waals surface area contributed by atoms with Crippen LogP contribution in [-0.2, 0) is 4.74 Å². The van der Waals surface area contributed by atoms with Crippen molar-refractivity contribution in [3.05, 3.63) is 22.7 Å². The lowest BCUT2D eigenvalue weighted by molar-refractivity contribution is 0.114. The van der Waals surface area contributed by atoms with Crippen molar-refractivity contribution in [1.82, 2.24) is 10.7 Å². The molecule has 1 heterocycles. The van der Waals surface area contributed by atoms with Crippen LogP contribution in [0.2, 0.25) is 5.02 Å². The van der Waals surface area contributed by atoms with E-state index in [2.05, 4.69) is 15.8 Å². The fraction of sp³-hybridized carbons (Fsp3) is 0.529. The van der Waals surface area contributed by atoms with Gasteiger partial charge in [-0.1, -0.05) is 18.5 Å². The first-order valence-corrected chi connectivity index (χ1v) is 9.11. The molecule has 138 valence electrons. The van der Waals surface area contributed by atoms with E-state index in [-0.39, 0.29) is 6.10 Å². The maximum absolute atomic E-state index is 6.27. The maximum atomic E-state index is 6.27. The number of hydrogen-bond acceptors (Lipinski definition) is 5. The minimum atomic E-state index is 0.225. The summed E-state index contributed by atoms with van der Waals surface area (Å²) in [5.74, 6) is 1.12. The van der Waals surface area contributed by atoms with Crippen LogP contribution in [0, 0.1) is 0 Å². The average molecular weight is 386 g/mol. The number of thiocarbonyl (C=S) groups is 1. The highest BCUT2D eigenvalue weighted by atomic mass is 35.5. The first kappa shape index (κ1) is 19.8. The quantitative estimate of drug-likeness (QED) is 0.407. The monoisotopic (exact) mass is 385 g/mol. The number of rotatable bonds is 8. The summed E-state index contributed by atoms with van der Waals surface area (Å²) in [6.45, 7) is 4.12. The van der Waals surface area contributed by atoms with Gasteiger partial charge in [0.2, 0.25) is 0 Å². The summed E-state index contributed by atoms with van der Waals surface area (Å²) in [7, 11) is 1.58. The van der Waals surface area contributed by atoms with Crippen LogP contribution in [0.3, 0.4) is 0 Å². The second-order valence-electron chi connectivity index (χ2n) is 5.60. The summed E-state index contributed by atoms with van der Waals surface area (Å²) in [5, 5.41) is 8.14. The first-order chi connectivity index (χ1) is 12.1. The SMILES string of the molecule is CCCOc1c(Cl)cc(/C=N\NC(=S)NC[C@H]2CCCO2)cc1OC. The van der Waals surface area contributed by atoms with E-state index in [1.807, 2.05) is 13.0 Å². The van der Waals surface area contributed by atoms with Gasteiger partial charge < -0.3 is 19.5 Å². The number of methoxy groups -OCH3 is 1. The third-order valence-electron chi connectivity index (χ3n) is 3.60. The van der Waals surface area contributed by atoms with Crippen LogP contribution in [-0.4, -0.2) is 44.3 Å². The summed E-state index contributed by atoms with van der Waals surface area (Å²) in [5.41, 5.74) is 3.56. The second kappa shape index (κ2) is 10.4. The molecule has 0 amide bonds. The standard InChI is InChI=1S/C17H24ClN3O3S/c1-3-6-24-16-14(18)8-12(9-15(16)22-2)10-20-21-17(25)19-11-13-5-4-7-23-13/h8-10,13H,3-7,11H2,1-2H3,(H2,19,21,25)/b20-10-/t13-/m1/s1. The Hall–Kier alpha value is -1.57. The van der Waals surface area contributed by atoms with Crippen LogP contribution in [0.4, 0.5) is 0 Å². The van der Waals surface area contributed by atoms with Crippen LogP contribution in [0.15, 0.2) is 17.2 Å². The normalized spacial score (nSPS) is 16.8. The van der Waals surface area contributed by atoms with Crippen molar-refractivity contribution in [1.29, 1.82) is 0 Å². The lowest BCUT2D eigenvalue weighted by Crippen LogP contribution is -2.37. The van der Waals surface area contributed by atoms with Crippen LogP contribution >= 0.6 is 23.8 Å². The Bertz CT molecular complexity index is 607. The maximum Gasteiger partial charge on any atom is 0.187 e. The molecule has 0 aromatic heterocycles. The molecular formula is C17H24ClN3O3S. The van der Waals surface area contributed by atoms with Crippen molar-refractivity contribution in [2.75, 3.05) is 26.9 Å². The van der Waals surface area contributed by atoms with Gasteiger partial charge in [-0.3, -0.25) is 5.43 Å². The van der Waals surface area contributed by atoms with Crippen molar-refractivity contribution in [2.24, 2.45) is 5.10 Å². The van der Waals surface area contributed by atoms with E-state index < -0.39 is 0 Å². The van der Waals surface area contributed by atoms with E-state index in [4.69, 9.17) is 38.0 Å². The lowest BCUT2D eigenvalue weighted by atomic mass is 10.2. The minimum absolute atomic E-state index is 0.225. The largest absolute Gasteiger partial charge is 0.493 e. The van der Waals surface area contributed by atoms with Gasteiger partial charge in [-0.05, 0) is 49.2 Å². The number of hydrazone groups is 1. The summed E-state index contributed by atoms with van der Waals surface area (Å²) in [6.07, 6.45) is 4.90. The van der Waals surface area contributed by atoms with E-state index in [1.54, 1.807) is 19.4 Å². The third-order valence-corrected chi connectivity index (χ3v) is 4.11. The van der Waals surface area contributed by atoms with Gasteiger partial charge in [-0.2, -0.15) is 5.10 Å². The van der Waals surface area contributed by atoms with Crippen LogP contribution in [0.25, 0.3) is 0 Å². The molecule has 1 saturated heterocycles. The Balaban J connectivity index is 1.88. The highest BCUT2D eigenvalue weighted by Crippen LogP contribution is 2.36. The van der Waals surface area contributed by atoms with Crippen LogP contribution in [0.1, 0.15) is 31.7 Å². The zero-order valence-electron chi connectivity index (χ0n) is 14.5. The first-order valence-electron chi connectivity index (χ1n) is 8.32. The van der Waals surface area contributed by atoms with Gasteiger partial charge in [-0.25, -0.2) is 0 Å². The molecule has 8 heteroatoms. The van der Waals surface area contributed by atoms with Crippen LogP contribution < -0.4 is 20.2 Å². The Labute approximate surface area is 158 Å². The number of hydrogen-bond donors (Lipinski definition) is 2. The zero-order chi connectivity index (χ0) is 18.1. The van der Waals surface area contributed by atoms with Gasteiger partial charge in [0.1, 0.15) is 0 Å². The molecule has 1 fully saturated rings. The average Bonchev–Trinajstić information content (AvgIpc) is 3.12. The van der Waals surface area contributed by atoms with Crippen molar-refractivity contribution in [3.8, 4) is 11.5 Å². The Morgan fingerprint density at radius 1 is 1.52 bits per heavy atom.